The predicted octanol–water partition coefficient (Wildman–Crippen LogP) is 1.71. The Labute approximate surface area is 176 Å². The van der Waals surface area contributed by atoms with Crippen molar-refractivity contribution in [1.29, 1.82) is 0 Å². The van der Waals surface area contributed by atoms with Crippen molar-refractivity contribution >= 4 is 27.4 Å². The molecule has 1 aliphatic heterocycles. The van der Waals surface area contributed by atoms with Crippen LogP contribution in [0.25, 0.3) is 10.1 Å². The highest BCUT2D eigenvalue weighted by molar-refractivity contribution is 7.19. The van der Waals surface area contributed by atoms with Gasteiger partial charge in [0, 0.05) is 16.0 Å². The first-order valence-electron chi connectivity index (χ1n) is 9.53. The van der Waals surface area contributed by atoms with Crippen molar-refractivity contribution in [1.82, 2.24) is 0 Å². The smallest absolute Gasteiger partial charge is 0.336 e. The number of benzene rings is 2. The van der Waals surface area contributed by atoms with Crippen molar-refractivity contribution in [2.75, 3.05) is 6.61 Å². The highest BCUT2D eigenvalue weighted by Crippen LogP contribution is 2.35. The minimum atomic E-state index is -1.58. The average molecular weight is 430 g/mol. The van der Waals surface area contributed by atoms with Gasteiger partial charge < -0.3 is 30.3 Å². The maximum atomic E-state index is 11.8. The lowest BCUT2D eigenvalue weighted by Gasteiger charge is -2.40. The number of hydrogen-bond acceptors (Lipinski definition) is 7. The molecule has 7 nitrogen and oxygen atoms in total. The summed E-state index contributed by atoms with van der Waals surface area (Å²) in [7, 11) is 0. The van der Waals surface area contributed by atoms with Crippen LogP contribution in [-0.2, 0) is 11.2 Å². The zero-order valence-electron chi connectivity index (χ0n) is 15.9. The Balaban J connectivity index is 1.70. The highest BCUT2D eigenvalue weighted by atomic mass is 32.1. The molecule has 8 heteroatoms. The van der Waals surface area contributed by atoms with E-state index in [9.17, 15) is 30.3 Å². The third-order valence-corrected chi connectivity index (χ3v) is 6.52. The normalized spacial score (nSPS) is 26.7. The van der Waals surface area contributed by atoms with Gasteiger partial charge in [0.15, 0.2) is 0 Å². The largest absolute Gasteiger partial charge is 0.478 e. The molecule has 3 aromatic rings. The lowest BCUT2D eigenvalue weighted by molar-refractivity contribution is -0.231. The van der Waals surface area contributed by atoms with Crippen molar-refractivity contribution in [3.05, 3.63) is 70.1 Å². The molecule has 2 aromatic carbocycles. The molecule has 158 valence electrons. The van der Waals surface area contributed by atoms with Gasteiger partial charge in [0.05, 0.1) is 12.2 Å². The van der Waals surface area contributed by atoms with Crippen LogP contribution in [0.4, 0.5) is 0 Å². The number of ether oxygens (including phenoxy) is 1. The van der Waals surface area contributed by atoms with Gasteiger partial charge in [0.1, 0.15) is 30.5 Å². The van der Waals surface area contributed by atoms with E-state index < -0.39 is 43.1 Å². The fourth-order valence-corrected chi connectivity index (χ4v) is 4.93. The predicted molar refractivity (Wildman–Crippen MR) is 111 cm³/mol. The van der Waals surface area contributed by atoms with Crippen LogP contribution in [0.1, 0.15) is 32.5 Å². The van der Waals surface area contributed by atoms with Gasteiger partial charge in [-0.2, -0.15) is 0 Å². The number of carbonyl (C=O) groups is 1. The summed E-state index contributed by atoms with van der Waals surface area (Å²) in [5, 5.41) is 50.7. The maximum absolute atomic E-state index is 11.8. The summed E-state index contributed by atoms with van der Waals surface area (Å²) in [4.78, 5) is 12.9. The number of thiophene rings is 1. The number of rotatable bonds is 5. The molecular weight excluding hydrogens is 408 g/mol. The van der Waals surface area contributed by atoms with E-state index in [4.69, 9.17) is 4.74 Å². The lowest BCUT2D eigenvalue weighted by atomic mass is 9.88. The molecule has 1 fully saturated rings. The summed E-state index contributed by atoms with van der Waals surface area (Å²) in [6, 6.07) is 14.9. The average Bonchev–Trinajstić information content (AvgIpc) is 3.14. The standard InChI is InChI=1S/C22H22O7S/c23-10-16-18(24)19(25)20(26)21(29-16)15-8-11(5-6-14(15)22(27)28)7-13-9-12-3-1-2-4-17(12)30-13/h1-6,8-9,16,18-21,23-26H,7,10H2,(H,27,28). The number of aromatic carboxylic acids is 1. The Kier molecular flexibility index (Phi) is 5.88. The molecule has 1 saturated heterocycles. The molecule has 0 amide bonds. The fraction of sp³-hybridized carbons (Fsp3) is 0.318. The molecule has 4 rings (SSSR count). The second-order valence-electron chi connectivity index (χ2n) is 7.40. The lowest BCUT2D eigenvalue weighted by Crippen LogP contribution is -2.55. The molecule has 5 unspecified atom stereocenters. The van der Waals surface area contributed by atoms with E-state index in [2.05, 4.69) is 6.07 Å². The van der Waals surface area contributed by atoms with Crippen LogP contribution in [0.2, 0.25) is 0 Å². The van der Waals surface area contributed by atoms with Crippen molar-refractivity contribution in [3.8, 4) is 0 Å². The van der Waals surface area contributed by atoms with Gasteiger partial charge in [-0.05, 0) is 34.7 Å². The first-order chi connectivity index (χ1) is 14.4. The van der Waals surface area contributed by atoms with Gasteiger partial charge in [-0.25, -0.2) is 4.79 Å². The number of aliphatic hydroxyl groups excluding tert-OH is 4. The van der Waals surface area contributed by atoms with Crippen LogP contribution < -0.4 is 0 Å². The minimum absolute atomic E-state index is 0.0700. The summed E-state index contributed by atoms with van der Waals surface area (Å²) in [5.41, 5.74) is 0.941. The number of carboxylic acids is 1. The number of fused-ring (bicyclic) bond motifs is 1. The molecule has 0 bridgehead atoms. The van der Waals surface area contributed by atoms with Crippen molar-refractivity contribution in [2.24, 2.45) is 0 Å². The third-order valence-electron chi connectivity index (χ3n) is 5.40. The van der Waals surface area contributed by atoms with Gasteiger partial charge in [0.2, 0.25) is 0 Å². The monoisotopic (exact) mass is 430 g/mol. The molecule has 2 heterocycles. The van der Waals surface area contributed by atoms with E-state index in [1.165, 1.54) is 6.07 Å². The van der Waals surface area contributed by atoms with E-state index >= 15 is 0 Å². The SMILES string of the molecule is O=C(O)c1ccc(Cc2cc3ccccc3s2)cc1C1OC(CO)C(O)C(O)C1O. The Bertz CT molecular complexity index is 1030. The van der Waals surface area contributed by atoms with Crippen LogP contribution >= 0.6 is 11.3 Å². The molecule has 0 aliphatic carbocycles. The quantitative estimate of drug-likeness (QED) is 0.417. The molecule has 0 spiro atoms. The van der Waals surface area contributed by atoms with Crippen molar-refractivity contribution in [3.63, 3.8) is 0 Å². The summed E-state index contributed by atoms with van der Waals surface area (Å²) in [6.07, 6.45) is -6.37. The first kappa shape index (κ1) is 20.9. The minimum Gasteiger partial charge on any atom is -0.478 e. The van der Waals surface area contributed by atoms with Gasteiger partial charge in [-0.1, -0.05) is 30.3 Å². The van der Waals surface area contributed by atoms with E-state index in [1.807, 2.05) is 24.3 Å². The summed E-state index contributed by atoms with van der Waals surface area (Å²) < 4.78 is 6.75. The topological polar surface area (TPSA) is 127 Å². The first-order valence-corrected chi connectivity index (χ1v) is 10.3. The second-order valence-corrected chi connectivity index (χ2v) is 8.57. The van der Waals surface area contributed by atoms with Gasteiger partial charge in [-0.3, -0.25) is 0 Å². The number of aliphatic hydroxyl groups is 4. The maximum Gasteiger partial charge on any atom is 0.336 e. The molecule has 1 aromatic heterocycles. The molecule has 0 saturated carbocycles. The Hall–Kier alpha value is -2.33. The van der Waals surface area contributed by atoms with Crippen LogP contribution in [0.3, 0.4) is 0 Å². The Morgan fingerprint density at radius 3 is 2.47 bits per heavy atom. The van der Waals surface area contributed by atoms with Gasteiger partial charge in [0.25, 0.3) is 0 Å². The van der Waals surface area contributed by atoms with Crippen LogP contribution in [0.5, 0.6) is 0 Å². The Morgan fingerprint density at radius 2 is 1.77 bits per heavy atom. The molecule has 1 aliphatic rings. The summed E-state index contributed by atoms with van der Waals surface area (Å²) >= 11 is 1.65. The zero-order chi connectivity index (χ0) is 21.4. The molecule has 5 atom stereocenters. The molecule has 30 heavy (non-hydrogen) atoms. The van der Waals surface area contributed by atoms with Crippen LogP contribution in [-0.4, -0.2) is 62.5 Å². The van der Waals surface area contributed by atoms with Crippen molar-refractivity contribution in [2.45, 2.75) is 36.9 Å². The zero-order valence-corrected chi connectivity index (χ0v) is 16.7. The third kappa shape index (κ3) is 3.85. The van der Waals surface area contributed by atoms with Gasteiger partial charge in [-0.15, -0.1) is 11.3 Å². The molecule has 0 radical (unpaired) electrons. The molecule has 5 N–H and O–H groups in total. The second kappa shape index (κ2) is 8.43. The number of hydrogen-bond donors (Lipinski definition) is 5. The van der Waals surface area contributed by atoms with Crippen LogP contribution in [0, 0.1) is 0 Å². The van der Waals surface area contributed by atoms with E-state index in [0.717, 1.165) is 20.5 Å². The van der Waals surface area contributed by atoms with E-state index in [1.54, 1.807) is 23.5 Å². The number of carboxylic acid groups (broad SMARTS) is 1. The van der Waals surface area contributed by atoms with E-state index in [0.29, 0.717) is 6.42 Å². The van der Waals surface area contributed by atoms with E-state index in [-0.39, 0.29) is 11.1 Å². The summed E-state index contributed by atoms with van der Waals surface area (Å²) in [6.45, 7) is -0.578. The van der Waals surface area contributed by atoms with Crippen molar-refractivity contribution < 1.29 is 35.1 Å². The van der Waals surface area contributed by atoms with Crippen LogP contribution in [0.15, 0.2) is 48.5 Å². The molecular formula is C22H22O7S. The Morgan fingerprint density at radius 1 is 1.00 bits per heavy atom. The van der Waals surface area contributed by atoms with Gasteiger partial charge >= 0.3 is 5.97 Å². The highest BCUT2D eigenvalue weighted by Gasteiger charge is 2.45. The summed E-state index contributed by atoms with van der Waals surface area (Å²) in [5.74, 6) is -1.20. The fourth-order valence-electron chi connectivity index (χ4n) is 3.84.